The van der Waals surface area contributed by atoms with Crippen LogP contribution in [0.25, 0.3) is 11.3 Å². The van der Waals surface area contributed by atoms with Crippen molar-refractivity contribution in [3.05, 3.63) is 42.1 Å². The topological polar surface area (TPSA) is 81.2 Å². The molecule has 0 fully saturated rings. The van der Waals surface area contributed by atoms with Crippen LogP contribution in [0.3, 0.4) is 0 Å². The van der Waals surface area contributed by atoms with E-state index in [0.717, 1.165) is 11.3 Å². The highest BCUT2D eigenvalue weighted by atomic mass is 16.3. The van der Waals surface area contributed by atoms with Gasteiger partial charge < -0.3 is 15.5 Å². The minimum atomic E-state index is -0.857. The number of nitrogens with one attached hydrogen (secondary N) is 2. The van der Waals surface area contributed by atoms with Crippen LogP contribution in [0.15, 0.2) is 36.5 Å². The van der Waals surface area contributed by atoms with Crippen molar-refractivity contribution in [3.63, 3.8) is 0 Å². The molecule has 0 aliphatic heterocycles. The Labute approximate surface area is 112 Å². The van der Waals surface area contributed by atoms with E-state index in [2.05, 4.69) is 15.5 Å². The molecule has 0 spiro atoms. The van der Waals surface area contributed by atoms with Crippen LogP contribution < -0.4 is 5.32 Å². The first-order chi connectivity index (χ1) is 9.22. The van der Waals surface area contributed by atoms with E-state index in [1.165, 1.54) is 0 Å². The number of benzene rings is 1. The number of aliphatic hydroxyl groups excluding tert-OH is 2. The molecule has 4 N–H and O–H groups in total. The van der Waals surface area contributed by atoms with Gasteiger partial charge in [0.15, 0.2) is 0 Å². The summed E-state index contributed by atoms with van der Waals surface area (Å²) in [6.07, 6.45) is 0.592. The van der Waals surface area contributed by atoms with Gasteiger partial charge in [-0.3, -0.25) is 5.10 Å². The van der Waals surface area contributed by atoms with Gasteiger partial charge in [-0.1, -0.05) is 24.3 Å². The minimum Gasteiger partial charge on any atom is -0.390 e. The molecule has 0 saturated heterocycles. The largest absolute Gasteiger partial charge is 0.390 e. The van der Waals surface area contributed by atoms with E-state index < -0.39 is 12.2 Å². The number of H-pyrrole nitrogens is 1. The summed E-state index contributed by atoms with van der Waals surface area (Å²) in [5.74, 6) is 0. The highest BCUT2D eigenvalue weighted by Gasteiger charge is 2.17. The smallest absolute Gasteiger partial charge is 0.105 e. The Bertz CT molecular complexity index is 482. The van der Waals surface area contributed by atoms with Crippen LogP contribution in [0.5, 0.6) is 0 Å². The molecule has 5 heteroatoms. The van der Waals surface area contributed by atoms with E-state index in [-0.39, 0.29) is 0 Å². The number of hydrogen-bond donors (Lipinski definition) is 4. The molecule has 0 radical (unpaired) electrons. The van der Waals surface area contributed by atoms with Gasteiger partial charge in [0.25, 0.3) is 0 Å². The normalized spacial score (nSPS) is 14.3. The molecule has 1 heterocycles. The Morgan fingerprint density at radius 1 is 1.21 bits per heavy atom. The molecule has 2 unspecified atom stereocenters. The monoisotopic (exact) mass is 261 g/mol. The van der Waals surface area contributed by atoms with Gasteiger partial charge in [-0.25, -0.2) is 0 Å². The van der Waals surface area contributed by atoms with Gasteiger partial charge in [0, 0.05) is 6.20 Å². The predicted octanol–water partition coefficient (Wildman–Crippen LogP) is 1.08. The third-order valence-electron chi connectivity index (χ3n) is 3.12. The van der Waals surface area contributed by atoms with Crippen molar-refractivity contribution in [2.24, 2.45) is 0 Å². The van der Waals surface area contributed by atoms with E-state index >= 15 is 0 Å². The maximum absolute atomic E-state index is 10.0. The maximum Gasteiger partial charge on any atom is 0.105 e. The Kier molecular flexibility index (Phi) is 4.68. The van der Waals surface area contributed by atoms with Crippen LogP contribution in [0.2, 0.25) is 0 Å². The molecule has 0 amide bonds. The summed E-state index contributed by atoms with van der Waals surface area (Å²) in [6.45, 7) is 0.671. The van der Waals surface area contributed by atoms with E-state index in [0.29, 0.717) is 18.5 Å². The molecule has 2 rings (SSSR count). The van der Waals surface area contributed by atoms with Gasteiger partial charge in [0.2, 0.25) is 0 Å². The van der Waals surface area contributed by atoms with E-state index in [1.54, 1.807) is 6.20 Å². The fourth-order valence-corrected chi connectivity index (χ4v) is 1.95. The summed E-state index contributed by atoms with van der Waals surface area (Å²) in [7, 11) is 1.82. The molecule has 2 aromatic rings. The summed E-state index contributed by atoms with van der Waals surface area (Å²) < 4.78 is 0. The zero-order valence-electron chi connectivity index (χ0n) is 10.9. The number of aromatic nitrogens is 2. The first-order valence-electron chi connectivity index (χ1n) is 6.33. The average Bonchev–Trinajstić information content (AvgIpc) is 2.98. The molecule has 0 saturated carbocycles. The van der Waals surface area contributed by atoms with Crippen LogP contribution >= 0.6 is 0 Å². The van der Waals surface area contributed by atoms with Crippen LogP contribution in [0.1, 0.15) is 18.1 Å². The number of nitrogens with zero attached hydrogens (tertiary/aromatic N) is 1. The van der Waals surface area contributed by atoms with Crippen LogP contribution in [-0.2, 0) is 0 Å². The first kappa shape index (κ1) is 13.7. The molecule has 2 atom stereocenters. The molecule has 1 aromatic heterocycles. The van der Waals surface area contributed by atoms with Gasteiger partial charge >= 0.3 is 0 Å². The second-order valence-electron chi connectivity index (χ2n) is 4.50. The highest BCUT2D eigenvalue weighted by Crippen LogP contribution is 2.22. The van der Waals surface area contributed by atoms with Gasteiger partial charge in [0.05, 0.1) is 11.8 Å². The van der Waals surface area contributed by atoms with Crippen molar-refractivity contribution in [3.8, 4) is 11.3 Å². The molecule has 0 aliphatic carbocycles. The number of rotatable bonds is 6. The Balaban J connectivity index is 2.05. The van der Waals surface area contributed by atoms with E-state index in [1.807, 2.05) is 37.4 Å². The zero-order chi connectivity index (χ0) is 13.7. The average molecular weight is 261 g/mol. The number of hydrogen-bond acceptors (Lipinski definition) is 4. The lowest BCUT2D eigenvalue weighted by Gasteiger charge is -2.18. The Morgan fingerprint density at radius 2 is 1.95 bits per heavy atom. The lowest BCUT2D eigenvalue weighted by Crippen LogP contribution is -2.23. The van der Waals surface area contributed by atoms with E-state index in [4.69, 9.17) is 0 Å². The Morgan fingerprint density at radius 3 is 2.53 bits per heavy atom. The van der Waals surface area contributed by atoms with Gasteiger partial charge in [-0.05, 0) is 37.2 Å². The van der Waals surface area contributed by atoms with E-state index in [9.17, 15) is 10.2 Å². The standard InChI is InChI=1S/C14H19N3O2/c1-15-8-7-13(18)14(19)11-4-2-10(3-5-11)12-6-9-16-17-12/h2-6,9,13-15,18-19H,7-8H2,1H3,(H,16,17). The SMILES string of the molecule is CNCCC(O)C(O)c1ccc(-c2ccn[nH]2)cc1. The quantitative estimate of drug-likeness (QED) is 0.627. The van der Waals surface area contributed by atoms with Crippen LogP contribution in [0, 0.1) is 0 Å². The predicted molar refractivity (Wildman–Crippen MR) is 73.5 cm³/mol. The van der Waals surface area contributed by atoms with Gasteiger partial charge in [0.1, 0.15) is 6.10 Å². The summed E-state index contributed by atoms with van der Waals surface area (Å²) >= 11 is 0. The lowest BCUT2D eigenvalue weighted by atomic mass is 10.00. The van der Waals surface area contributed by atoms with Gasteiger partial charge in [-0.15, -0.1) is 0 Å². The lowest BCUT2D eigenvalue weighted by molar-refractivity contribution is 0.0140. The van der Waals surface area contributed by atoms with Crippen molar-refractivity contribution >= 4 is 0 Å². The van der Waals surface area contributed by atoms with Crippen molar-refractivity contribution in [2.45, 2.75) is 18.6 Å². The second kappa shape index (κ2) is 6.47. The molecule has 19 heavy (non-hydrogen) atoms. The molecular formula is C14H19N3O2. The third-order valence-corrected chi connectivity index (χ3v) is 3.12. The summed E-state index contributed by atoms with van der Waals surface area (Å²) in [6, 6.07) is 9.33. The molecular weight excluding hydrogens is 242 g/mol. The fourth-order valence-electron chi connectivity index (χ4n) is 1.95. The summed E-state index contributed by atoms with van der Waals surface area (Å²) in [5.41, 5.74) is 2.64. The fraction of sp³-hybridized carbons (Fsp3) is 0.357. The zero-order valence-corrected chi connectivity index (χ0v) is 10.9. The molecule has 5 nitrogen and oxygen atoms in total. The second-order valence-corrected chi connectivity index (χ2v) is 4.50. The van der Waals surface area contributed by atoms with Crippen molar-refractivity contribution in [2.75, 3.05) is 13.6 Å². The van der Waals surface area contributed by atoms with Crippen LogP contribution in [-0.4, -0.2) is 40.1 Å². The molecule has 1 aromatic carbocycles. The first-order valence-corrected chi connectivity index (χ1v) is 6.33. The number of aromatic amines is 1. The minimum absolute atomic E-state index is 0.514. The van der Waals surface area contributed by atoms with Crippen molar-refractivity contribution in [1.29, 1.82) is 0 Å². The Hall–Kier alpha value is -1.69. The third kappa shape index (κ3) is 3.41. The van der Waals surface area contributed by atoms with Crippen molar-refractivity contribution < 1.29 is 10.2 Å². The molecule has 0 aliphatic rings. The summed E-state index contributed by atoms with van der Waals surface area (Å²) in [5, 5.41) is 29.6. The van der Waals surface area contributed by atoms with Crippen LogP contribution in [0.4, 0.5) is 0 Å². The molecule has 0 bridgehead atoms. The maximum atomic E-state index is 10.0. The number of aliphatic hydroxyl groups is 2. The van der Waals surface area contributed by atoms with Gasteiger partial charge in [-0.2, -0.15) is 5.10 Å². The molecule has 102 valence electrons. The highest BCUT2D eigenvalue weighted by molar-refractivity contribution is 5.58. The summed E-state index contributed by atoms with van der Waals surface area (Å²) in [4.78, 5) is 0. The van der Waals surface area contributed by atoms with Crippen molar-refractivity contribution in [1.82, 2.24) is 15.5 Å².